The summed E-state index contributed by atoms with van der Waals surface area (Å²) in [5.74, 6) is 0.536. The number of nitrogens with two attached hydrogens (primary N) is 1. The second-order valence-corrected chi connectivity index (χ2v) is 3.85. The summed E-state index contributed by atoms with van der Waals surface area (Å²) >= 11 is 0. The highest BCUT2D eigenvalue weighted by Crippen LogP contribution is 2.29. The van der Waals surface area contributed by atoms with Gasteiger partial charge in [-0.3, -0.25) is 4.79 Å². The molecule has 0 aliphatic rings. The van der Waals surface area contributed by atoms with Gasteiger partial charge < -0.3 is 15.4 Å². The van der Waals surface area contributed by atoms with Crippen molar-refractivity contribution in [2.45, 2.75) is 20.8 Å². The first-order chi connectivity index (χ1) is 8.06. The number of carbonyl (C=O) groups excluding carboxylic acids is 1. The number of anilines is 1. The molecule has 2 N–H and O–H groups in total. The molecule has 17 heavy (non-hydrogen) atoms. The van der Waals surface area contributed by atoms with Crippen LogP contribution in [0.15, 0.2) is 12.1 Å². The molecule has 0 fully saturated rings. The van der Waals surface area contributed by atoms with Crippen molar-refractivity contribution in [1.29, 1.82) is 0 Å². The molecule has 0 radical (unpaired) electrons. The first-order valence-electron chi connectivity index (χ1n) is 5.79. The van der Waals surface area contributed by atoms with E-state index in [2.05, 4.69) is 0 Å². The number of hydrogen-bond donors (Lipinski definition) is 1. The van der Waals surface area contributed by atoms with E-state index in [1.807, 2.05) is 26.8 Å². The number of carbonyl (C=O) groups is 1. The molecule has 1 aromatic carbocycles. The van der Waals surface area contributed by atoms with Crippen molar-refractivity contribution in [2.75, 3.05) is 25.9 Å². The second-order valence-electron chi connectivity index (χ2n) is 3.85. The van der Waals surface area contributed by atoms with Crippen LogP contribution in [0, 0.1) is 6.92 Å². The largest absolute Gasteiger partial charge is 0.494 e. The van der Waals surface area contributed by atoms with E-state index in [0.717, 1.165) is 5.56 Å². The lowest BCUT2D eigenvalue weighted by molar-refractivity contribution is 0.0774. The second kappa shape index (κ2) is 5.57. The van der Waals surface area contributed by atoms with Crippen molar-refractivity contribution >= 4 is 11.6 Å². The third-order valence-corrected chi connectivity index (χ3v) is 2.88. The Bertz CT molecular complexity index is 412. The number of ether oxygens (including phenoxy) is 1. The zero-order valence-corrected chi connectivity index (χ0v) is 10.9. The van der Waals surface area contributed by atoms with Crippen LogP contribution >= 0.6 is 0 Å². The van der Waals surface area contributed by atoms with Gasteiger partial charge in [0.25, 0.3) is 5.91 Å². The van der Waals surface area contributed by atoms with Crippen molar-refractivity contribution in [3.63, 3.8) is 0 Å². The van der Waals surface area contributed by atoms with E-state index in [4.69, 9.17) is 10.5 Å². The summed E-state index contributed by atoms with van der Waals surface area (Å²) in [7, 11) is 1.56. The predicted octanol–water partition coefficient (Wildman–Crippen LogP) is 2.07. The number of hydrogen-bond acceptors (Lipinski definition) is 3. The van der Waals surface area contributed by atoms with Gasteiger partial charge in [0, 0.05) is 13.1 Å². The van der Waals surface area contributed by atoms with E-state index in [-0.39, 0.29) is 5.91 Å². The molecule has 0 bridgehead atoms. The molecule has 4 heteroatoms. The van der Waals surface area contributed by atoms with Gasteiger partial charge in [-0.25, -0.2) is 0 Å². The minimum absolute atomic E-state index is 0.0502. The van der Waals surface area contributed by atoms with Crippen LogP contribution in [0.2, 0.25) is 0 Å². The molecule has 0 saturated heterocycles. The van der Waals surface area contributed by atoms with Crippen molar-refractivity contribution in [2.24, 2.45) is 0 Å². The molecule has 0 aliphatic carbocycles. The Morgan fingerprint density at radius 1 is 1.35 bits per heavy atom. The molecule has 1 rings (SSSR count). The summed E-state index contributed by atoms with van der Waals surface area (Å²) in [6, 6.07) is 3.61. The fraction of sp³-hybridized carbons (Fsp3) is 0.462. The van der Waals surface area contributed by atoms with Crippen LogP contribution in [-0.4, -0.2) is 31.0 Å². The first kappa shape index (κ1) is 13.4. The number of amides is 1. The van der Waals surface area contributed by atoms with Crippen molar-refractivity contribution in [3.8, 4) is 5.75 Å². The lowest BCUT2D eigenvalue weighted by Gasteiger charge is -2.20. The topological polar surface area (TPSA) is 55.6 Å². The lowest BCUT2D eigenvalue weighted by Crippen LogP contribution is -2.31. The summed E-state index contributed by atoms with van der Waals surface area (Å²) in [6.07, 6.45) is 0. The van der Waals surface area contributed by atoms with E-state index >= 15 is 0 Å². The smallest absolute Gasteiger partial charge is 0.256 e. The lowest BCUT2D eigenvalue weighted by atomic mass is 10.1. The number of methoxy groups -OCH3 is 1. The zero-order chi connectivity index (χ0) is 13.0. The van der Waals surface area contributed by atoms with Crippen LogP contribution in [0.4, 0.5) is 5.69 Å². The molecule has 0 heterocycles. The minimum atomic E-state index is -0.0502. The number of aryl methyl sites for hydroxylation is 1. The number of nitrogens with zero attached hydrogens (tertiary/aromatic N) is 1. The first-order valence-corrected chi connectivity index (χ1v) is 5.79. The normalized spacial score (nSPS) is 10.1. The third-order valence-electron chi connectivity index (χ3n) is 2.88. The SMILES string of the molecule is CCN(CC)C(=O)c1ccc(C)c(OC)c1N. The molecule has 94 valence electrons. The Hall–Kier alpha value is -1.71. The molecule has 0 aliphatic heterocycles. The number of benzene rings is 1. The quantitative estimate of drug-likeness (QED) is 0.814. The molecular weight excluding hydrogens is 216 g/mol. The van der Waals surface area contributed by atoms with E-state index in [0.29, 0.717) is 30.1 Å². The number of nitrogen functional groups attached to an aromatic ring is 1. The summed E-state index contributed by atoms with van der Waals surface area (Å²) in [5.41, 5.74) is 7.83. The summed E-state index contributed by atoms with van der Waals surface area (Å²) in [5, 5.41) is 0. The van der Waals surface area contributed by atoms with Gasteiger partial charge in [-0.05, 0) is 32.4 Å². The summed E-state index contributed by atoms with van der Waals surface area (Å²) < 4.78 is 5.22. The van der Waals surface area contributed by atoms with Crippen LogP contribution in [0.1, 0.15) is 29.8 Å². The van der Waals surface area contributed by atoms with Crippen LogP contribution in [0.5, 0.6) is 5.75 Å². The van der Waals surface area contributed by atoms with Crippen molar-refractivity contribution in [1.82, 2.24) is 4.90 Å². The highest BCUT2D eigenvalue weighted by Gasteiger charge is 2.18. The Kier molecular flexibility index (Phi) is 4.37. The van der Waals surface area contributed by atoms with E-state index in [1.54, 1.807) is 18.1 Å². The van der Waals surface area contributed by atoms with Gasteiger partial charge in [0.15, 0.2) is 0 Å². The zero-order valence-electron chi connectivity index (χ0n) is 10.9. The summed E-state index contributed by atoms with van der Waals surface area (Å²) in [4.78, 5) is 13.9. The molecule has 0 unspecified atom stereocenters. The molecule has 0 aromatic heterocycles. The maximum absolute atomic E-state index is 12.2. The van der Waals surface area contributed by atoms with Gasteiger partial charge in [0.05, 0.1) is 18.4 Å². The summed E-state index contributed by atoms with van der Waals surface area (Å²) in [6.45, 7) is 7.14. The van der Waals surface area contributed by atoms with Crippen LogP contribution in [0.25, 0.3) is 0 Å². The average Bonchev–Trinajstić information content (AvgIpc) is 2.31. The third kappa shape index (κ3) is 2.52. The standard InChI is InChI=1S/C13H20N2O2/c1-5-15(6-2)13(16)10-8-7-9(3)12(17-4)11(10)14/h7-8H,5-6,14H2,1-4H3. The maximum Gasteiger partial charge on any atom is 0.256 e. The molecule has 0 saturated carbocycles. The van der Waals surface area contributed by atoms with E-state index in [9.17, 15) is 4.79 Å². The van der Waals surface area contributed by atoms with Gasteiger partial charge in [0.1, 0.15) is 5.75 Å². The van der Waals surface area contributed by atoms with Crippen LogP contribution in [-0.2, 0) is 0 Å². The van der Waals surface area contributed by atoms with Gasteiger partial charge in [-0.15, -0.1) is 0 Å². The molecular formula is C13H20N2O2. The fourth-order valence-corrected chi connectivity index (χ4v) is 1.85. The van der Waals surface area contributed by atoms with Crippen LogP contribution < -0.4 is 10.5 Å². The maximum atomic E-state index is 12.2. The van der Waals surface area contributed by atoms with Crippen molar-refractivity contribution < 1.29 is 9.53 Å². The molecule has 1 aromatic rings. The Balaban J connectivity index is 3.19. The Morgan fingerprint density at radius 3 is 2.41 bits per heavy atom. The van der Waals surface area contributed by atoms with Crippen LogP contribution in [0.3, 0.4) is 0 Å². The molecule has 4 nitrogen and oxygen atoms in total. The highest BCUT2D eigenvalue weighted by molar-refractivity contribution is 6.00. The van der Waals surface area contributed by atoms with Gasteiger partial charge in [0.2, 0.25) is 0 Å². The molecule has 0 atom stereocenters. The van der Waals surface area contributed by atoms with Crippen molar-refractivity contribution in [3.05, 3.63) is 23.3 Å². The van der Waals surface area contributed by atoms with Gasteiger partial charge in [-0.2, -0.15) is 0 Å². The average molecular weight is 236 g/mol. The predicted molar refractivity (Wildman–Crippen MR) is 69.4 cm³/mol. The monoisotopic (exact) mass is 236 g/mol. The fourth-order valence-electron chi connectivity index (χ4n) is 1.85. The van der Waals surface area contributed by atoms with Gasteiger partial charge in [-0.1, -0.05) is 6.07 Å². The highest BCUT2D eigenvalue weighted by atomic mass is 16.5. The molecule has 1 amide bonds. The van der Waals surface area contributed by atoms with E-state index in [1.165, 1.54) is 0 Å². The van der Waals surface area contributed by atoms with E-state index < -0.39 is 0 Å². The number of rotatable bonds is 4. The Labute approximate surface area is 102 Å². The molecule has 0 spiro atoms. The van der Waals surface area contributed by atoms with Gasteiger partial charge >= 0.3 is 0 Å². The Morgan fingerprint density at radius 2 is 1.94 bits per heavy atom. The minimum Gasteiger partial charge on any atom is -0.494 e.